The van der Waals surface area contributed by atoms with Crippen LogP contribution in [0.1, 0.15) is 15.9 Å². The smallest absolute Gasteiger partial charge is 0.216 e. The summed E-state index contributed by atoms with van der Waals surface area (Å²) < 4.78 is 0. The normalized spacial score (nSPS) is 10.1. The van der Waals surface area contributed by atoms with Gasteiger partial charge in [-0.05, 0) is 5.56 Å². The van der Waals surface area contributed by atoms with Gasteiger partial charge < -0.3 is 11.5 Å². The third-order valence-electron chi connectivity index (χ3n) is 1.85. The van der Waals surface area contributed by atoms with Crippen LogP contribution in [-0.2, 0) is 0 Å². The SMILES string of the molecule is N=C(N)N(N=Cc1ccc(C=O)cc1)C(=N)N. The number of aldehydes is 1. The fourth-order valence-corrected chi connectivity index (χ4v) is 1.04. The van der Waals surface area contributed by atoms with Gasteiger partial charge in [-0.25, -0.2) is 0 Å². The minimum Gasteiger partial charge on any atom is -0.368 e. The fourth-order valence-electron chi connectivity index (χ4n) is 1.04. The van der Waals surface area contributed by atoms with E-state index < -0.39 is 11.9 Å². The number of guanidine groups is 2. The molecular formula is C10H12N6O. The molecule has 0 fully saturated rings. The number of benzene rings is 1. The first-order valence-corrected chi connectivity index (χ1v) is 4.62. The van der Waals surface area contributed by atoms with Crippen molar-refractivity contribution >= 4 is 24.4 Å². The molecule has 1 rings (SSSR count). The highest BCUT2D eigenvalue weighted by molar-refractivity contribution is 5.95. The molecule has 0 saturated carbocycles. The monoisotopic (exact) mass is 232 g/mol. The van der Waals surface area contributed by atoms with Crippen LogP contribution in [-0.4, -0.2) is 29.4 Å². The Morgan fingerprint density at radius 3 is 2.00 bits per heavy atom. The molecule has 0 heterocycles. The molecule has 1 aromatic carbocycles. The van der Waals surface area contributed by atoms with E-state index in [4.69, 9.17) is 22.3 Å². The Balaban J connectivity index is 2.84. The van der Waals surface area contributed by atoms with Gasteiger partial charge >= 0.3 is 0 Å². The lowest BCUT2D eigenvalue weighted by Gasteiger charge is -2.12. The molecular weight excluding hydrogens is 220 g/mol. The van der Waals surface area contributed by atoms with Gasteiger partial charge in [-0.1, -0.05) is 24.3 Å². The van der Waals surface area contributed by atoms with Crippen molar-refractivity contribution in [3.05, 3.63) is 35.4 Å². The summed E-state index contributed by atoms with van der Waals surface area (Å²) in [7, 11) is 0. The quantitative estimate of drug-likeness (QED) is 0.251. The van der Waals surface area contributed by atoms with Gasteiger partial charge in [0, 0.05) is 5.56 Å². The van der Waals surface area contributed by atoms with Crippen LogP contribution in [0.4, 0.5) is 0 Å². The maximum atomic E-state index is 10.4. The lowest BCUT2D eigenvalue weighted by Crippen LogP contribution is -2.41. The van der Waals surface area contributed by atoms with E-state index in [0.29, 0.717) is 11.1 Å². The zero-order chi connectivity index (χ0) is 12.8. The number of nitrogens with zero attached hydrogens (tertiary/aromatic N) is 2. The molecule has 1 aromatic rings. The van der Waals surface area contributed by atoms with Crippen molar-refractivity contribution in [3.8, 4) is 0 Å². The molecule has 88 valence electrons. The van der Waals surface area contributed by atoms with Crippen LogP contribution in [0, 0.1) is 10.8 Å². The van der Waals surface area contributed by atoms with Gasteiger partial charge in [0.15, 0.2) is 0 Å². The number of rotatable bonds is 3. The van der Waals surface area contributed by atoms with Gasteiger partial charge in [0.2, 0.25) is 11.9 Å². The molecule has 0 unspecified atom stereocenters. The largest absolute Gasteiger partial charge is 0.368 e. The van der Waals surface area contributed by atoms with Crippen molar-refractivity contribution in [1.82, 2.24) is 5.01 Å². The minimum absolute atomic E-state index is 0.446. The van der Waals surface area contributed by atoms with Crippen molar-refractivity contribution in [2.24, 2.45) is 16.6 Å². The topological polar surface area (TPSA) is 132 Å². The summed E-state index contributed by atoms with van der Waals surface area (Å²) >= 11 is 0. The Kier molecular flexibility index (Phi) is 3.93. The van der Waals surface area contributed by atoms with Crippen LogP contribution in [0.15, 0.2) is 29.4 Å². The van der Waals surface area contributed by atoms with Gasteiger partial charge in [0.1, 0.15) is 6.29 Å². The summed E-state index contributed by atoms with van der Waals surface area (Å²) in [6, 6.07) is 6.60. The first kappa shape index (κ1) is 12.4. The molecule has 0 aliphatic heterocycles. The second kappa shape index (κ2) is 5.40. The van der Waals surface area contributed by atoms with Crippen LogP contribution in [0.2, 0.25) is 0 Å². The Hall–Kier alpha value is -2.70. The van der Waals surface area contributed by atoms with Crippen LogP contribution < -0.4 is 11.5 Å². The lowest BCUT2D eigenvalue weighted by molar-refractivity contribution is 0.112. The van der Waals surface area contributed by atoms with E-state index in [-0.39, 0.29) is 0 Å². The first-order chi connectivity index (χ1) is 8.04. The van der Waals surface area contributed by atoms with Crippen LogP contribution >= 0.6 is 0 Å². The number of carbonyl (C=O) groups excluding carboxylic acids is 1. The van der Waals surface area contributed by atoms with E-state index >= 15 is 0 Å². The highest BCUT2D eigenvalue weighted by Gasteiger charge is 2.06. The molecule has 6 N–H and O–H groups in total. The van der Waals surface area contributed by atoms with Crippen molar-refractivity contribution < 1.29 is 4.79 Å². The molecule has 0 amide bonds. The molecule has 7 heteroatoms. The molecule has 0 aliphatic carbocycles. The fraction of sp³-hybridized carbons (Fsp3) is 0. The van der Waals surface area contributed by atoms with Crippen molar-refractivity contribution in [2.75, 3.05) is 0 Å². The van der Waals surface area contributed by atoms with E-state index in [1.54, 1.807) is 24.3 Å². The highest BCUT2D eigenvalue weighted by Crippen LogP contribution is 2.00. The summed E-state index contributed by atoms with van der Waals surface area (Å²) in [6.07, 6.45) is 2.12. The Bertz CT molecular complexity index is 450. The number of hydrogen-bond donors (Lipinski definition) is 4. The van der Waals surface area contributed by atoms with Crippen molar-refractivity contribution in [1.29, 1.82) is 10.8 Å². The Morgan fingerprint density at radius 1 is 1.12 bits per heavy atom. The average molecular weight is 232 g/mol. The minimum atomic E-state index is -0.446. The van der Waals surface area contributed by atoms with Gasteiger partial charge in [0.25, 0.3) is 0 Å². The van der Waals surface area contributed by atoms with E-state index in [2.05, 4.69) is 5.10 Å². The third-order valence-corrected chi connectivity index (χ3v) is 1.85. The summed E-state index contributed by atoms with van der Waals surface area (Å²) in [5.74, 6) is -0.892. The zero-order valence-corrected chi connectivity index (χ0v) is 8.92. The summed E-state index contributed by atoms with van der Waals surface area (Å²) in [4.78, 5) is 10.4. The highest BCUT2D eigenvalue weighted by atomic mass is 16.1. The maximum absolute atomic E-state index is 10.4. The molecule has 0 aliphatic rings. The van der Waals surface area contributed by atoms with Gasteiger partial charge in [-0.15, -0.1) is 0 Å². The summed E-state index contributed by atoms with van der Waals surface area (Å²) in [5.41, 5.74) is 11.6. The second-order valence-electron chi connectivity index (χ2n) is 3.11. The molecule has 0 saturated heterocycles. The predicted molar refractivity (Wildman–Crippen MR) is 65.1 cm³/mol. The van der Waals surface area contributed by atoms with Gasteiger partial charge in [0.05, 0.1) is 6.21 Å². The summed E-state index contributed by atoms with van der Waals surface area (Å²) in [5, 5.41) is 18.8. The van der Waals surface area contributed by atoms with Crippen LogP contribution in [0.25, 0.3) is 0 Å². The first-order valence-electron chi connectivity index (χ1n) is 4.62. The molecule has 0 spiro atoms. The van der Waals surface area contributed by atoms with Gasteiger partial charge in [-0.2, -0.15) is 10.1 Å². The van der Waals surface area contributed by atoms with E-state index in [9.17, 15) is 4.79 Å². The van der Waals surface area contributed by atoms with Crippen molar-refractivity contribution in [2.45, 2.75) is 0 Å². The number of carbonyl (C=O) groups is 1. The van der Waals surface area contributed by atoms with Gasteiger partial charge in [-0.3, -0.25) is 15.6 Å². The number of nitrogens with two attached hydrogens (primary N) is 2. The van der Waals surface area contributed by atoms with E-state index in [1.165, 1.54) is 6.21 Å². The van der Waals surface area contributed by atoms with Crippen molar-refractivity contribution in [3.63, 3.8) is 0 Å². The standard InChI is InChI=1S/C10H12N6O/c11-9(12)16(10(13)14)15-5-7-1-3-8(6-17)4-2-7/h1-6H,(H3,11,12)(H3,13,14). The number of hydrogen-bond acceptors (Lipinski definition) is 4. The molecule has 0 radical (unpaired) electrons. The van der Waals surface area contributed by atoms with Crippen LogP contribution in [0.3, 0.4) is 0 Å². The summed E-state index contributed by atoms with van der Waals surface area (Å²) in [6.45, 7) is 0. The Morgan fingerprint density at radius 2 is 1.59 bits per heavy atom. The molecule has 0 atom stereocenters. The van der Waals surface area contributed by atoms with E-state index in [1.807, 2.05) is 0 Å². The Labute approximate surface area is 97.7 Å². The number of hydrazone groups is 1. The molecule has 7 nitrogen and oxygen atoms in total. The third kappa shape index (κ3) is 3.42. The second-order valence-corrected chi connectivity index (χ2v) is 3.11. The van der Waals surface area contributed by atoms with E-state index in [0.717, 1.165) is 11.3 Å². The zero-order valence-electron chi connectivity index (χ0n) is 8.92. The number of nitrogens with one attached hydrogen (secondary N) is 2. The lowest BCUT2D eigenvalue weighted by atomic mass is 10.2. The molecule has 17 heavy (non-hydrogen) atoms. The predicted octanol–water partition coefficient (Wildman–Crippen LogP) is -0.0781. The average Bonchev–Trinajstić information content (AvgIpc) is 2.29. The van der Waals surface area contributed by atoms with Crippen LogP contribution in [0.5, 0.6) is 0 Å². The molecule has 0 aromatic heterocycles. The molecule has 0 bridgehead atoms. The maximum Gasteiger partial charge on any atom is 0.216 e.